The molecule has 0 N–H and O–H groups in total. The first-order valence-electron chi connectivity index (χ1n) is 10.1. The summed E-state index contributed by atoms with van der Waals surface area (Å²) < 4.78 is 7.63. The van der Waals surface area contributed by atoms with Crippen molar-refractivity contribution in [2.75, 3.05) is 33.8 Å². The number of aromatic nitrogens is 2. The third-order valence-corrected chi connectivity index (χ3v) is 5.96. The number of carbonyl (C=O) groups excluding carboxylic acids is 1. The average Bonchev–Trinajstić information content (AvgIpc) is 3.06. The minimum Gasteiger partial charge on any atom is -0.378 e. The van der Waals surface area contributed by atoms with E-state index in [1.807, 2.05) is 29.9 Å². The van der Waals surface area contributed by atoms with Crippen LogP contribution in [-0.4, -0.2) is 65.4 Å². The van der Waals surface area contributed by atoms with Crippen molar-refractivity contribution in [3.63, 3.8) is 0 Å². The third kappa shape index (κ3) is 4.86. The molecule has 0 spiro atoms. The van der Waals surface area contributed by atoms with E-state index < -0.39 is 0 Å². The van der Waals surface area contributed by atoms with Crippen LogP contribution in [0.1, 0.15) is 56.6 Å². The maximum atomic E-state index is 12.6. The van der Waals surface area contributed by atoms with Gasteiger partial charge in [0.15, 0.2) is 0 Å². The number of likely N-dealkylation sites (tertiary alicyclic amines) is 1. The van der Waals surface area contributed by atoms with E-state index in [9.17, 15) is 4.79 Å². The number of rotatable bonds is 6. The van der Waals surface area contributed by atoms with Crippen LogP contribution in [0.15, 0.2) is 12.4 Å². The van der Waals surface area contributed by atoms with E-state index in [1.165, 1.54) is 18.4 Å². The smallest absolute Gasteiger partial charge is 0.222 e. The van der Waals surface area contributed by atoms with E-state index in [0.717, 1.165) is 45.4 Å². The molecule has 2 aliphatic heterocycles. The van der Waals surface area contributed by atoms with Gasteiger partial charge < -0.3 is 9.64 Å². The summed E-state index contributed by atoms with van der Waals surface area (Å²) >= 11 is 0. The van der Waals surface area contributed by atoms with Gasteiger partial charge in [0.05, 0.1) is 12.3 Å². The van der Waals surface area contributed by atoms with Gasteiger partial charge in [0.25, 0.3) is 0 Å². The number of ether oxygens (including phenoxy) is 1. The summed E-state index contributed by atoms with van der Waals surface area (Å²) in [5.41, 5.74) is 1.26. The number of piperidine rings is 1. The first-order valence-corrected chi connectivity index (χ1v) is 10.1. The predicted molar refractivity (Wildman–Crippen MR) is 102 cm³/mol. The summed E-state index contributed by atoms with van der Waals surface area (Å²) in [7, 11) is 6.11. The van der Waals surface area contributed by atoms with Gasteiger partial charge in [0.1, 0.15) is 0 Å². The summed E-state index contributed by atoms with van der Waals surface area (Å²) in [5.74, 6) is 0.704. The molecule has 2 aliphatic rings. The molecule has 26 heavy (non-hydrogen) atoms. The first kappa shape index (κ1) is 19.4. The highest BCUT2D eigenvalue weighted by Crippen LogP contribution is 2.35. The Hall–Kier alpha value is -1.40. The fourth-order valence-corrected chi connectivity index (χ4v) is 4.53. The van der Waals surface area contributed by atoms with E-state index >= 15 is 0 Å². The Balaban J connectivity index is 1.55. The van der Waals surface area contributed by atoms with Crippen LogP contribution in [0.3, 0.4) is 0 Å². The van der Waals surface area contributed by atoms with Crippen molar-refractivity contribution >= 4 is 5.91 Å². The van der Waals surface area contributed by atoms with Crippen molar-refractivity contribution in [1.82, 2.24) is 19.6 Å². The molecule has 1 amide bonds. The molecule has 3 heterocycles. The first-order chi connectivity index (χ1) is 12.5. The Kier molecular flexibility index (Phi) is 6.70. The average molecular weight is 363 g/mol. The highest BCUT2D eigenvalue weighted by molar-refractivity contribution is 5.75. The summed E-state index contributed by atoms with van der Waals surface area (Å²) in [6, 6.07) is 0.342. The maximum absolute atomic E-state index is 12.6. The minimum atomic E-state index is 0.248. The summed E-state index contributed by atoms with van der Waals surface area (Å²) in [4.78, 5) is 17.0. The molecular formula is C20H34N4O2. The molecule has 0 bridgehead atoms. The molecule has 3 atom stereocenters. The van der Waals surface area contributed by atoms with E-state index in [-0.39, 0.29) is 12.0 Å². The Bertz CT molecular complexity index is 582. The molecule has 3 rings (SSSR count). The topological polar surface area (TPSA) is 50.6 Å². The summed E-state index contributed by atoms with van der Waals surface area (Å²) in [5, 5.41) is 4.35. The zero-order valence-electron chi connectivity index (χ0n) is 16.6. The van der Waals surface area contributed by atoms with Crippen LogP contribution in [0.5, 0.6) is 0 Å². The molecule has 6 heteroatoms. The maximum Gasteiger partial charge on any atom is 0.222 e. The Morgan fingerprint density at radius 3 is 2.85 bits per heavy atom. The van der Waals surface area contributed by atoms with Gasteiger partial charge in [-0.2, -0.15) is 5.10 Å². The van der Waals surface area contributed by atoms with Gasteiger partial charge in [0.2, 0.25) is 5.91 Å². The largest absolute Gasteiger partial charge is 0.378 e. The van der Waals surface area contributed by atoms with Gasteiger partial charge in [-0.05, 0) is 58.0 Å². The van der Waals surface area contributed by atoms with Crippen molar-refractivity contribution in [2.45, 2.75) is 57.1 Å². The van der Waals surface area contributed by atoms with Gasteiger partial charge in [0, 0.05) is 51.5 Å². The second-order valence-electron chi connectivity index (χ2n) is 8.08. The lowest BCUT2D eigenvalue weighted by molar-refractivity contribution is -0.132. The quantitative estimate of drug-likeness (QED) is 0.781. The van der Waals surface area contributed by atoms with Crippen LogP contribution in [0.2, 0.25) is 0 Å². The highest BCUT2D eigenvalue weighted by Gasteiger charge is 2.32. The van der Waals surface area contributed by atoms with Crippen molar-refractivity contribution in [1.29, 1.82) is 0 Å². The number of amides is 1. The van der Waals surface area contributed by atoms with E-state index in [2.05, 4.69) is 23.2 Å². The Morgan fingerprint density at radius 2 is 2.15 bits per heavy atom. The molecular weight excluding hydrogens is 328 g/mol. The second-order valence-corrected chi connectivity index (χ2v) is 8.08. The van der Waals surface area contributed by atoms with Gasteiger partial charge in [-0.1, -0.05) is 0 Å². The van der Waals surface area contributed by atoms with Crippen LogP contribution >= 0.6 is 0 Å². The number of hydrogen-bond donors (Lipinski definition) is 0. The fourth-order valence-electron chi connectivity index (χ4n) is 4.53. The molecule has 2 fully saturated rings. The van der Waals surface area contributed by atoms with Gasteiger partial charge in [-0.3, -0.25) is 14.4 Å². The molecule has 0 saturated carbocycles. The summed E-state index contributed by atoms with van der Waals surface area (Å²) in [6.07, 6.45) is 11.7. The molecule has 0 unspecified atom stereocenters. The molecule has 6 nitrogen and oxygen atoms in total. The molecule has 0 radical (unpaired) electrons. The predicted octanol–water partition coefficient (Wildman–Crippen LogP) is 2.61. The molecule has 2 saturated heterocycles. The van der Waals surface area contributed by atoms with Crippen LogP contribution in [-0.2, 0) is 16.6 Å². The fraction of sp³-hybridized carbons (Fsp3) is 0.800. The van der Waals surface area contributed by atoms with Crippen molar-refractivity contribution < 1.29 is 9.53 Å². The Labute approximate surface area is 157 Å². The lowest BCUT2D eigenvalue weighted by Gasteiger charge is -2.40. The number of nitrogens with zero attached hydrogens (tertiary/aromatic N) is 4. The molecule has 1 aromatic rings. The zero-order chi connectivity index (χ0) is 18.5. The molecule has 1 aromatic heterocycles. The van der Waals surface area contributed by atoms with E-state index in [0.29, 0.717) is 18.4 Å². The SMILES string of the molecule is CN(C[C@@H]1CCCN(C)[C@H]1c1cnn(C)c1)C(=O)CC[C@H]1CCCCO1. The van der Waals surface area contributed by atoms with Crippen molar-refractivity contribution in [3.8, 4) is 0 Å². The molecule has 0 aliphatic carbocycles. The standard InChI is InChI=1S/C20H34N4O2/c1-22-11-6-7-16(20(22)17-13-21-24(3)15-17)14-23(2)19(25)10-9-18-8-4-5-12-26-18/h13,15-16,18,20H,4-12,14H2,1-3H3/t16-,18+,20+/m0/s1. The Morgan fingerprint density at radius 1 is 1.31 bits per heavy atom. The van der Waals surface area contributed by atoms with E-state index in [1.54, 1.807) is 0 Å². The normalized spacial score (nSPS) is 27.4. The summed E-state index contributed by atoms with van der Waals surface area (Å²) in [6.45, 7) is 2.77. The molecule has 0 aromatic carbocycles. The van der Waals surface area contributed by atoms with Crippen LogP contribution in [0.4, 0.5) is 0 Å². The number of aryl methyl sites for hydroxylation is 1. The van der Waals surface area contributed by atoms with Crippen LogP contribution in [0, 0.1) is 5.92 Å². The zero-order valence-corrected chi connectivity index (χ0v) is 16.6. The van der Waals surface area contributed by atoms with Crippen molar-refractivity contribution in [2.24, 2.45) is 13.0 Å². The minimum absolute atomic E-state index is 0.248. The number of hydrogen-bond acceptors (Lipinski definition) is 4. The lowest BCUT2D eigenvalue weighted by Crippen LogP contribution is -2.42. The van der Waals surface area contributed by atoms with Crippen LogP contribution in [0.25, 0.3) is 0 Å². The van der Waals surface area contributed by atoms with Gasteiger partial charge in [-0.15, -0.1) is 0 Å². The van der Waals surface area contributed by atoms with Gasteiger partial charge in [-0.25, -0.2) is 0 Å². The lowest BCUT2D eigenvalue weighted by atomic mass is 9.85. The van der Waals surface area contributed by atoms with E-state index in [4.69, 9.17) is 4.74 Å². The third-order valence-electron chi connectivity index (χ3n) is 5.96. The second kappa shape index (κ2) is 9.00. The monoisotopic (exact) mass is 362 g/mol. The van der Waals surface area contributed by atoms with Crippen LogP contribution < -0.4 is 0 Å². The van der Waals surface area contributed by atoms with Gasteiger partial charge >= 0.3 is 0 Å². The van der Waals surface area contributed by atoms with Crippen molar-refractivity contribution in [3.05, 3.63) is 18.0 Å². The highest BCUT2D eigenvalue weighted by atomic mass is 16.5. The number of carbonyl (C=O) groups is 1. The molecule has 146 valence electrons.